The zero-order valence-corrected chi connectivity index (χ0v) is 13.2. The highest BCUT2D eigenvalue weighted by Crippen LogP contribution is 2.34. The molecule has 1 rings (SSSR count). The summed E-state index contributed by atoms with van der Waals surface area (Å²) in [7, 11) is 0. The monoisotopic (exact) mass is 268 g/mol. The van der Waals surface area contributed by atoms with E-state index in [1.54, 1.807) is 0 Å². The Kier molecular flexibility index (Phi) is 10.5. The summed E-state index contributed by atoms with van der Waals surface area (Å²) in [6.07, 6.45) is 19.5. The molecule has 1 N–H and O–H groups in total. The molecule has 0 aliphatic heterocycles. The predicted octanol–water partition coefficient (Wildman–Crippen LogP) is 5.71. The molecule has 0 aromatic rings. The lowest BCUT2D eigenvalue weighted by molar-refractivity contribution is 0.176. The Hall–Kier alpha value is -0.0400. The van der Waals surface area contributed by atoms with E-state index in [0.29, 0.717) is 6.61 Å². The number of rotatable bonds is 11. The van der Waals surface area contributed by atoms with Gasteiger partial charge in [0, 0.05) is 6.61 Å². The van der Waals surface area contributed by atoms with Gasteiger partial charge in [-0.2, -0.15) is 0 Å². The van der Waals surface area contributed by atoms with E-state index >= 15 is 0 Å². The lowest BCUT2D eigenvalue weighted by Gasteiger charge is -2.30. The summed E-state index contributed by atoms with van der Waals surface area (Å²) in [5.41, 5.74) is 0. The molecule has 0 heterocycles. The Morgan fingerprint density at radius 3 is 2.11 bits per heavy atom. The third-order valence-corrected chi connectivity index (χ3v) is 4.99. The molecule has 1 atom stereocenters. The van der Waals surface area contributed by atoms with Gasteiger partial charge in [-0.15, -0.1) is 0 Å². The molecule has 1 unspecified atom stereocenters. The summed E-state index contributed by atoms with van der Waals surface area (Å²) in [5.74, 6) is 1.75. The van der Waals surface area contributed by atoms with Crippen molar-refractivity contribution in [2.24, 2.45) is 11.8 Å². The van der Waals surface area contributed by atoms with Crippen LogP contribution in [0.2, 0.25) is 0 Å². The summed E-state index contributed by atoms with van der Waals surface area (Å²) in [4.78, 5) is 0. The van der Waals surface area contributed by atoms with Crippen molar-refractivity contribution < 1.29 is 5.11 Å². The Morgan fingerprint density at radius 1 is 0.842 bits per heavy atom. The highest BCUT2D eigenvalue weighted by atomic mass is 16.3. The Morgan fingerprint density at radius 2 is 1.47 bits per heavy atom. The van der Waals surface area contributed by atoms with Crippen molar-refractivity contribution in [2.75, 3.05) is 6.61 Å². The second-order valence-electron chi connectivity index (χ2n) is 6.58. The molecule has 0 radical (unpaired) electrons. The van der Waals surface area contributed by atoms with Gasteiger partial charge in [-0.05, 0) is 18.3 Å². The SMILES string of the molecule is CCCCCCCCCC(CCO)C1CCCCC1. The molecule has 1 heteroatoms. The third-order valence-electron chi connectivity index (χ3n) is 4.99. The summed E-state index contributed by atoms with van der Waals surface area (Å²) < 4.78 is 0. The summed E-state index contributed by atoms with van der Waals surface area (Å²) in [6, 6.07) is 0. The Labute approximate surface area is 121 Å². The van der Waals surface area contributed by atoms with Gasteiger partial charge in [0.25, 0.3) is 0 Å². The maximum atomic E-state index is 9.27. The second-order valence-corrected chi connectivity index (χ2v) is 6.58. The fraction of sp³-hybridized carbons (Fsp3) is 1.00. The lowest BCUT2D eigenvalue weighted by Crippen LogP contribution is -2.19. The molecular formula is C18H36O. The topological polar surface area (TPSA) is 20.2 Å². The van der Waals surface area contributed by atoms with Crippen LogP contribution < -0.4 is 0 Å². The van der Waals surface area contributed by atoms with Gasteiger partial charge in [0.1, 0.15) is 0 Å². The molecule has 0 aromatic carbocycles. The van der Waals surface area contributed by atoms with Crippen LogP contribution in [-0.2, 0) is 0 Å². The minimum atomic E-state index is 0.400. The van der Waals surface area contributed by atoms with Gasteiger partial charge < -0.3 is 5.11 Å². The number of aliphatic hydroxyl groups is 1. The van der Waals surface area contributed by atoms with E-state index in [1.807, 2.05) is 0 Å². The maximum Gasteiger partial charge on any atom is 0.0433 e. The lowest BCUT2D eigenvalue weighted by atomic mass is 9.76. The largest absolute Gasteiger partial charge is 0.396 e. The number of unbranched alkanes of at least 4 members (excludes halogenated alkanes) is 6. The summed E-state index contributed by atoms with van der Waals surface area (Å²) >= 11 is 0. The van der Waals surface area contributed by atoms with Gasteiger partial charge in [0.2, 0.25) is 0 Å². The molecule has 0 spiro atoms. The predicted molar refractivity (Wildman–Crippen MR) is 84.4 cm³/mol. The van der Waals surface area contributed by atoms with E-state index in [4.69, 9.17) is 0 Å². The van der Waals surface area contributed by atoms with Crippen LogP contribution in [0.3, 0.4) is 0 Å². The standard InChI is InChI=1S/C18H36O/c1-2-3-4-5-6-7-9-14-18(15-16-19)17-12-10-8-11-13-17/h17-19H,2-16H2,1H3. The summed E-state index contributed by atoms with van der Waals surface area (Å²) in [5, 5.41) is 9.27. The molecule has 0 saturated heterocycles. The first-order valence-corrected chi connectivity index (χ1v) is 8.99. The van der Waals surface area contributed by atoms with Crippen molar-refractivity contribution in [3.05, 3.63) is 0 Å². The van der Waals surface area contributed by atoms with Gasteiger partial charge in [0.05, 0.1) is 0 Å². The van der Waals surface area contributed by atoms with E-state index in [-0.39, 0.29) is 0 Å². The molecule has 0 aromatic heterocycles. The molecule has 1 aliphatic carbocycles. The van der Waals surface area contributed by atoms with Crippen LogP contribution in [0.25, 0.3) is 0 Å². The van der Waals surface area contributed by atoms with Crippen LogP contribution in [0.1, 0.15) is 96.8 Å². The minimum absolute atomic E-state index is 0.400. The van der Waals surface area contributed by atoms with Crippen LogP contribution in [0.5, 0.6) is 0 Å². The molecule has 1 fully saturated rings. The molecule has 1 aliphatic rings. The molecule has 19 heavy (non-hydrogen) atoms. The van der Waals surface area contributed by atoms with Crippen molar-refractivity contribution >= 4 is 0 Å². The normalized spacial score (nSPS) is 18.6. The molecule has 114 valence electrons. The first-order valence-electron chi connectivity index (χ1n) is 8.99. The molecule has 1 nitrogen and oxygen atoms in total. The van der Waals surface area contributed by atoms with E-state index in [0.717, 1.165) is 18.3 Å². The van der Waals surface area contributed by atoms with Crippen LogP contribution in [0.15, 0.2) is 0 Å². The van der Waals surface area contributed by atoms with Crippen molar-refractivity contribution in [2.45, 2.75) is 96.8 Å². The average molecular weight is 268 g/mol. The molecule has 1 saturated carbocycles. The second kappa shape index (κ2) is 11.8. The number of hydrogen-bond acceptors (Lipinski definition) is 1. The maximum absolute atomic E-state index is 9.27. The highest BCUT2D eigenvalue weighted by molar-refractivity contribution is 4.74. The third kappa shape index (κ3) is 7.97. The number of hydrogen-bond donors (Lipinski definition) is 1. The zero-order chi connectivity index (χ0) is 13.8. The van der Waals surface area contributed by atoms with Gasteiger partial charge in [-0.1, -0.05) is 90.4 Å². The van der Waals surface area contributed by atoms with E-state index in [9.17, 15) is 5.11 Å². The first kappa shape index (κ1) is 17.0. The van der Waals surface area contributed by atoms with Crippen molar-refractivity contribution in [3.8, 4) is 0 Å². The van der Waals surface area contributed by atoms with Crippen molar-refractivity contribution in [3.63, 3.8) is 0 Å². The van der Waals surface area contributed by atoms with Gasteiger partial charge in [0.15, 0.2) is 0 Å². The molecule has 0 bridgehead atoms. The first-order chi connectivity index (χ1) is 9.38. The van der Waals surface area contributed by atoms with E-state index in [1.165, 1.54) is 83.5 Å². The van der Waals surface area contributed by atoms with Crippen LogP contribution >= 0.6 is 0 Å². The minimum Gasteiger partial charge on any atom is -0.396 e. The van der Waals surface area contributed by atoms with Gasteiger partial charge in [-0.25, -0.2) is 0 Å². The summed E-state index contributed by atoms with van der Waals surface area (Å²) in [6.45, 7) is 2.68. The Bertz CT molecular complexity index is 184. The highest BCUT2D eigenvalue weighted by Gasteiger charge is 2.22. The zero-order valence-electron chi connectivity index (χ0n) is 13.2. The van der Waals surface area contributed by atoms with Crippen LogP contribution in [-0.4, -0.2) is 11.7 Å². The fourth-order valence-corrected chi connectivity index (χ4v) is 3.75. The smallest absolute Gasteiger partial charge is 0.0433 e. The number of aliphatic hydroxyl groups excluding tert-OH is 1. The average Bonchev–Trinajstić information content (AvgIpc) is 2.46. The quantitative estimate of drug-likeness (QED) is 0.476. The van der Waals surface area contributed by atoms with E-state index < -0.39 is 0 Å². The Balaban J connectivity index is 2.07. The van der Waals surface area contributed by atoms with Crippen LogP contribution in [0, 0.1) is 11.8 Å². The van der Waals surface area contributed by atoms with Crippen LogP contribution in [0.4, 0.5) is 0 Å². The molecular weight excluding hydrogens is 232 g/mol. The fourth-order valence-electron chi connectivity index (χ4n) is 3.75. The van der Waals surface area contributed by atoms with Crippen molar-refractivity contribution in [1.29, 1.82) is 0 Å². The van der Waals surface area contributed by atoms with Gasteiger partial charge >= 0.3 is 0 Å². The van der Waals surface area contributed by atoms with E-state index in [2.05, 4.69) is 6.92 Å². The van der Waals surface area contributed by atoms with Gasteiger partial charge in [-0.3, -0.25) is 0 Å². The molecule has 0 amide bonds. The van der Waals surface area contributed by atoms with Crippen molar-refractivity contribution in [1.82, 2.24) is 0 Å².